The van der Waals surface area contributed by atoms with Gasteiger partial charge < -0.3 is 10.2 Å². The second-order valence-corrected chi connectivity index (χ2v) is 4.26. The molecule has 2 aromatic heterocycles. The molecular weight excluding hydrogens is 258 g/mol. The molecule has 2 rings (SSSR count). The molecule has 2 heterocycles. The van der Waals surface area contributed by atoms with Crippen molar-refractivity contribution in [3.63, 3.8) is 0 Å². The van der Waals surface area contributed by atoms with Gasteiger partial charge in [0.2, 0.25) is 5.82 Å². The van der Waals surface area contributed by atoms with E-state index in [1.165, 1.54) is 6.07 Å². The Balaban J connectivity index is 2.32. The zero-order chi connectivity index (χ0) is 14.5. The Hall–Kier alpha value is -2.70. The van der Waals surface area contributed by atoms with Crippen molar-refractivity contribution in [2.24, 2.45) is 0 Å². The van der Waals surface area contributed by atoms with E-state index in [2.05, 4.69) is 15.3 Å². The minimum Gasteiger partial charge on any atom is -0.373 e. The van der Waals surface area contributed by atoms with Gasteiger partial charge in [0.15, 0.2) is 0 Å². The molecule has 0 amide bonds. The summed E-state index contributed by atoms with van der Waals surface area (Å²) >= 11 is 0. The van der Waals surface area contributed by atoms with Crippen LogP contribution in [-0.2, 0) is 6.54 Å². The first-order valence-corrected chi connectivity index (χ1v) is 6.05. The van der Waals surface area contributed by atoms with Crippen LogP contribution in [0.4, 0.5) is 17.3 Å². The van der Waals surface area contributed by atoms with Gasteiger partial charge in [0, 0.05) is 39.1 Å². The molecule has 7 heteroatoms. The van der Waals surface area contributed by atoms with Crippen molar-refractivity contribution in [3.05, 3.63) is 52.3 Å². The lowest BCUT2D eigenvalue weighted by Crippen LogP contribution is -2.19. The molecule has 0 saturated carbocycles. The van der Waals surface area contributed by atoms with E-state index in [0.29, 0.717) is 18.2 Å². The maximum Gasteiger partial charge on any atom is 0.311 e. The van der Waals surface area contributed by atoms with E-state index in [9.17, 15) is 10.1 Å². The Bertz CT molecular complexity index is 603. The van der Waals surface area contributed by atoms with E-state index >= 15 is 0 Å². The summed E-state index contributed by atoms with van der Waals surface area (Å²) in [4.78, 5) is 20.6. The van der Waals surface area contributed by atoms with Gasteiger partial charge in [-0.25, -0.2) is 4.98 Å². The van der Waals surface area contributed by atoms with E-state index in [1.54, 1.807) is 37.5 Å². The number of nitrogens with one attached hydrogen (secondary N) is 1. The lowest BCUT2D eigenvalue weighted by atomic mass is 10.2. The number of nitrogens with zero attached hydrogens (tertiary/aromatic N) is 4. The summed E-state index contributed by atoms with van der Waals surface area (Å²) in [6.45, 7) is 0.517. The number of aromatic nitrogens is 2. The molecule has 0 aliphatic heterocycles. The van der Waals surface area contributed by atoms with Gasteiger partial charge in [-0.1, -0.05) is 0 Å². The van der Waals surface area contributed by atoms with Crippen LogP contribution in [0.15, 0.2) is 36.7 Å². The molecule has 20 heavy (non-hydrogen) atoms. The molecule has 7 nitrogen and oxygen atoms in total. The van der Waals surface area contributed by atoms with Crippen molar-refractivity contribution in [3.8, 4) is 0 Å². The van der Waals surface area contributed by atoms with Gasteiger partial charge in [-0.15, -0.1) is 0 Å². The van der Waals surface area contributed by atoms with Gasteiger partial charge in [-0.2, -0.15) is 0 Å². The standard InChI is InChI=1S/C13H15N5O2/c1-14-12-4-3-11(18(19)20)13(16-12)17(2)9-10-5-7-15-8-6-10/h3-8H,9H2,1-2H3,(H,14,16). The lowest BCUT2D eigenvalue weighted by molar-refractivity contribution is -0.384. The van der Waals surface area contributed by atoms with Crippen LogP contribution >= 0.6 is 0 Å². The Morgan fingerprint density at radius 1 is 1.30 bits per heavy atom. The number of hydrogen-bond acceptors (Lipinski definition) is 6. The molecule has 0 atom stereocenters. The van der Waals surface area contributed by atoms with Gasteiger partial charge in [0.25, 0.3) is 0 Å². The lowest BCUT2D eigenvalue weighted by Gasteiger charge is -2.18. The third kappa shape index (κ3) is 3.00. The molecular formula is C13H15N5O2. The highest BCUT2D eigenvalue weighted by Gasteiger charge is 2.19. The largest absolute Gasteiger partial charge is 0.373 e. The second-order valence-electron chi connectivity index (χ2n) is 4.26. The first-order chi connectivity index (χ1) is 9.61. The molecule has 0 fully saturated rings. The van der Waals surface area contributed by atoms with E-state index in [4.69, 9.17) is 0 Å². The quantitative estimate of drug-likeness (QED) is 0.663. The van der Waals surface area contributed by atoms with Gasteiger partial charge in [-0.05, 0) is 23.8 Å². The van der Waals surface area contributed by atoms with E-state index < -0.39 is 4.92 Å². The monoisotopic (exact) mass is 273 g/mol. The Morgan fingerprint density at radius 2 is 2.00 bits per heavy atom. The van der Waals surface area contributed by atoms with Crippen LogP contribution in [0.2, 0.25) is 0 Å². The minimum atomic E-state index is -0.426. The van der Waals surface area contributed by atoms with Crippen molar-refractivity contribution in [1.29, 1.82) is 0 Å². The molecule has 0 aromatic carbocycles. The smallest absolute Gasteiger partial charge is 0.311 e. The molecule has 0 aliphatic carbocycles. The number of pyridine rings is 2. The maximum atomic E-state index is 11.1. The topological polar surface area (TPSA) is 84.2 Å². The summed E-state index contributed by atoms with van der Waals surface area (Å²) in [6.07, 6.45) is 3.38. The molecule has 0 spiro atoms. The van der Waals surface area contributed by atoms with Gasteiger partial charge in [0.05, 0.1) is 4.92 Å². The summed E-state index contributed by atoms with van der Waals surface area (Å²) in [7, 11) is 3.50. The van der Waals surface area contributed by atoms with Gasteiger partial charge in [0.1, 0.15) is 5.82 Å². The third-order valence-electron chi connectivity index (χ3n) is 2.84. The Labute approximate surface area is 116 Å². The summed E-state index contributed by atoms with van der Waals surface area (Å²) in [5.74, 6) is 0.922. The average molecular weight is 273 g/mol. The van der Waals surface area contributed by atoms with Crippen LogP contribution in [0.3, 0.4) is 0 Å². The first kappa shape index (κ1) is 13.7. The summed E-state index contributed by atoms with van der Waals surface area (Å²) in [6, 6.07) is 6.77. The molecule has 104 valence electrons. The fraction of sp³-hybridized carbons (Fsp3) is 0.231. The maximum absolute atomic E-state index is 11.1. The SMILES string of the molecule is CNc1ccc([N+](=O)[O-])c(N(C)Cc2ccncc2)n1. The summed E-state index contributed by atoms with van der Waals surface area (Å²) < 4.78 is 0. The van der Waals surface area contributed by atoms with Crippen molar-refractivity contribution in [2.75, 3.05) is 24.3 Å². The number of rotatable bonds is 5. The van der Waals surface area contributed by atoms with Crippen molar-refractivity contribution in [2.45, 2.75) is 6.54 Å². The highest BCUT2D eigenvalue weighted by molar-refractivity contribution is 5.61. The average Bonchev–Trinajstić information content (AvgIpc) is 2.47. The van der Waals surface area contributed by atoms with Crippen molar-refractivity contribution < 1.29 is 4.92 Å². The Kier molecular flexibility index (Phi) is 4.09. The fourth-order valence-electron chi connectivity index (χ4n) is 1.84. The van der Waals surface area contributed by atoms with Crippen LogP contribution < -0.4 is 10.2 Å². The number of hydrogen-bond donors (Lipinski definition) is 1. The minimum absolute atomic E-state index is 0.0134. The molecule has 2 aromatic rings. The third-order valence-corrected chi connectivity index (χ3v) is 2.84. The zero-order valence-electron chi connectivity index (χ0n) is 11.3. The molecule has 0 saturated heterocycles. The fourth-order valence-corrected chi connectivity index (χ4v) is 1.84. The van der Waals surface area contributed by atoms with Crippen LogP contribution in [0.25, 0.3) is 0 Å². The molecule has 0 radical (unpaired) electrons. The van der Waals surface area contributed by atoms with Crippen LogP contribution in [0.1, 0.15) is 5.56 Å². The van der Waals surface area contributed by atoms with E-state index in [1.807, 2.05) is 12.1 Å². The highest BCUT2D eigenvalue weighted by atomic mass is 16.6. The van der Waals surface area contributed by atoms with Crippen molar-refractivity contribution >= 4 is 17.3 Å². The van der Waals surface area contributed by atoms with Gasteiger partial charge >= 0.3 is 5.69 Å². The number of anilines is 2. The van der Waals surface area contributed by atoms with E-state index in [0.717, 1.165) is 5.56 Å². The van der Waals surface area contributed by atoms with Crippen LogP contribution in [-0.4, -0.2) is 29.0 Å². The number of nitro groups is 1. The predicted molar refractivity (Wildman–Crippen MR) is 76.8 cm³/mol. The van der Waals surface area contributed by atoms with Crippen LogP contribution in [0.5, 0.6) is 0 Å². The molecule has 0 aliphatic rings. The Morgan fingerprint density at radius 3 is 2.60 bits per heavy atom. The zero-order valence-corrected chi connectivity index (χ0v) is 11.3. The highest BCUT2D eigenvalue weighted by Crippen LogP contribution is 2.27. The predicted octanol–water partition coefficient (Wildman–Crippen LogP) is 2.06. The van der Waals surface area contributed by atoms with Gasteiger partial charge in [-0.3, -0.25) is 15.1 Å². The van der Waals surface area contributed by atoms with E-state index in [-0.39, 0.29) is 5.69 Å². The first-order valence-electron chi connectivity index (χ1n) is 6.05. The summed E-state index contributed by atoms with van der Waals surface area (Å²) in [5, 5.41) is 14.0. The van der Waals surface area contributed by atoms with Crippen LogP contribution in [0, 0.1) is 10.1 Å². The molecule has 0 unspecified atom stereocenters. The normalized spacial score (nSPS) is 10.1. The summed E-state index contributed by atoms with van der Waals surface area (Å²) in [5.41, 5.74) is 0.994. The molecule has 1 N–H and O–H groups in total. The van der Waals surface area contributed by atoms with Crippen molar-refractivity contribution in [1.82, 2.24) is 9.97 Å². The second kappa shape index (κ2) is 5.96. The molecule has 0 bridgehead atoms.